The van der Waals surface area contributed by atoms with Crippen molar-refractivity contribution in [3.8, 4) is 11.3 Å². The van der Waals surface area contributed by atoms with E-state index in [1.54, 1.807) is 47.0 Å². The fraction of sp³-hybridized carbons (Fsp3) is 0.383. The molecule has 1 unspecified atom stereocenters. The van der Waals surface area contributed by atoms with Crippen molar-refractivity contribution in [3.63, 3.8) is 0 Å². The number of anilines is 3. The molecular formula is C47H53N9O7S. The first-order valence-corrected chi connectivity index (χ1v) is 23.9. The Hall–Kier alpha value is -6.46. The summed E-state index contributed by atoms with van der Waals surface area (Å²) in [5.41, 5.74) is 5.70. The molecule has 1 atom stereocenters. The molecule has 0 spiro atoms. The van der Waals surface area contributed by atoms with E-state index >= 15 is 0 Å². The molecule has 5 amide bonds. The van der Waals surface area contributed by atoms with Gasteiger partial charge in [0.2, 0.25) is 23.7 Å². The van der Waals surface area contributed by atoms with Crippen molar-refractivity contribution in [2.45, 2.75) is 81.1 Å². The number of nitrogens with zero attached hydrogens (tertiary/aromatic N) is 5. The largest absolute Gasteiger partial charge is 0.385 e. The Balaban J connectivity index is 0.681. The van der Waals surface area contributed by atoms with Gasteiger partial charge in [-0.3, -0.25) is 39.1 Å². The number of unbranched alkanes of at least 4 members (excludes halogenated alkanes) is 5. The summed E-state index contributed by atoms with van der Waals surface area (Å²) >= 11 is 0. The number of sulfone groups is 1. The highest BCUT2D eigenvalue weighted by Crippen LogP contribution is 2.31. The smallest absolute Gasteiger partial charge is 0.262 e. The van der Waals surface area contributed by atoms with Gasteiger partial charge in [-0.15, -0.1) is 5.10 Å². The minimum absolute atomic E-state index is 0.0683. The molecule has 16 nitrogen and oxygen atoms in total. The SMILES string of the molecule is CS(=O)(=O)c1ccc(-c2cccc3nc(Nc4ccc(C5CCN(CC(=O)NCCCCCCCCNc6ccc7c(c6)C(=O)N(C6CCC(=O)NC6=O)C7=O)CC5)cc4)nn23)cc1. The first-order chi connectivity index (χ1) is 30.9. The van der Waals surface area contributed by atoms with E-state index < -0.39 is 39.5 Å². The molecule has 5 heterocycles. The molecule has 2 saturated heterocycles. The molecule has 0 bridgehead atoms. The van der Waals surface area contributed by atoms with Crippen molar-refractivity contribution in [1.29, 1.82) is 0 Å². The molecule has 0 saturated carbocycles. The van der Waals surface area contributed by atoms with Crippen LogP contribution in [0.4, 0.5) is 17.3 Å². The van der Waals surface area contributed by atoms with Crippen LogP contribution in [0, 0.1) is 0 Å². The number of imide groups is 2. The van der Waals surface area contributed by atoms with Gasteiger partial charge in [0.25, 0.3) is 11.8 Å². The number of fused-ring (bicyclic) bond motifs is 2. The lowest BCUT2D eigenvalue weighted by molar-refractivity contribution is -0.136. The molecule has 4 N–H and O–H groups in total. The second-order valence-electron chi connectivity index (χ2n) is 16.8. The van der Waals surface area contributed by atoms with Crippen LogP contribution in [0.1, 0.15) is 96.4 Å². The van der Waals surface area contributed by atoms with Crippen LogP contribution in [0.5, 0.6) is 0 Å². The van der Waals surface area contributed by atoms with Crippen LogP contribution in [0.25, 0.3) is 16.9 Å². The summed E-state index contributed by atoms with van der Waals surface area (Å²) in [5, 5.41) is 16.6. The summed E-state index contributed by atoms with van der Waals surface area (Å²) < 4.78 is 25.6. The molecule has 0 aliphatic carbocycles. The third-order valence-electron chi connectivity index (χ3n) is 12.2. The van der Waals surface area contributed by atoms with E-state index in [9.17, 15) is 32.4 Å². The molecular weight excluding hydrogens is 835 g/mol. The Morgan fingerprint density at radius 2 is 1.47 bits per heavy atom. The number of pyridine rings is 1. The lowest BCUT2D eigenvalue weighted by Crippen LogP contribution is -2.54. The molecule has 2 fully saturated rings. The summed E-state index contributed by atoms with van der Waals surface area (Å²) in [7, 11) is -3.29. The first kappa shape index (κ1) is 44.2. The monoisotopic (exact) mass is 887 g/mol. The summed E-state index contributed by atoms with van der Waals surface area (Å²) in [4.78, 5) is 70.7. The lowest BCUT2D eigenvalue weighted by Gasteiger charge is -2.31. The average Bonchev–Trinajstić information content (AvgIpc) is 3.81. The molecule has 3 aromatic carbocycles. The van der Waals surface area contributed by atoms with Gasteiger partial charge in [-0.05, 0) is 111 Å². The Bertz CT molecular complexity index is 2660. The maximum Gasteiger partial charge on any atom is 0.262 e. The number of aromatic nitrogens is 3. The zero-order valence-corrected chi connectivity index (χ0v) is 36.7. The molecule has 17 heteroatoms. The maximum absolute atomic E-state index is 13.1. The highest BCUT2D eigenvalue weighted by molar-refractivity contribution is 7.90. The molecule has 3 aliphatic rings. The first-order valence-electron chi connectivity index (χ1n) is 22.0. The predicted molar refractivity (Wildman–Crippen MR) is 242 cm³/mol. The number of carbonyl (C=O) groups excluding carboxylic acids is 5. The molecule has 2 aromatic heterocycles. The van der Waals surface area contributed by atoms with Crippen molar-refractivity contribution < 1.29 is 32.4 Å². The quantitative estimate of drug-likeness (QED) is 0.0619. The standard InChI is InChI=1S/C47H53N9O7S/c1-64(62,63)36-18-13-33(14-19-36)39-9-8-10-41-51-47(53-56(39)41)50-34-15-11-31(12-16-34)32-23-27-54(28-24-32)30-43(58)49-26-7-5-3-2-4-6-25-48-35-17-20-37-38(29-35)46(61)55(45(37)60)40-21-22-42(57)52-44(40)59/h8-20,29,32,40,48H,2-7,21-28,30H2,1H3,(H,49,58)(H,50,53)(H,52,57,59). The number of likely N-dealkylation sites (tertiary alicyclic amines) is 1. The number of carbonyl (C=O) groups is 5. The topological polar surface area (TPSA) is 204 Å². The van der Waals surface area contributed by atoms with Crippen molar-refractivity contribution in [2.24, 2.45) is 0 Å². The minimum Gasteiger partial charge on any atom is -0.385 e. The van der Waals surface area contributed by atoms with Crippen LogP contribution in [0.3, 0.4) is 0 Å². The van der Waals surface area contributed by atoms with E-state index in [1.807, 2.05) is 30.3 Å². The maximum atomic E-state index is 13.1. The van der Waals surface area contributed by atoms with Gasteiger partial charge in [0.15, 0.2) is 15.5 Å². The Morgan fingerprint density at radius 3 is 2.19 bits per heavy atom. The van der Waals surface area contributed by atoms with E-state index in [4.69, 9.17) is 0 Å². The van der Waals surface area contributed by atoms with Gasteiger partial charge in [0, 0.05) is 42.7 Å². The van der Waals surface area contributed by atoms with Gasteiger partial charge in [0.1, 0.15) is 6.04 Å². The third kappa shape index (κ3) is 10.3. The summed E-state index contributed by atoms with van der Waals surface area (Å²) in [6.07, 6.45) is 9.50. The fourth-order valence-corrected chi connectivity index (χ4v) is 9.33. The normalized spacial score (nSPS) is 17.1. The molecule has 64 heavy (non-hydrogen) atoms. The molecule has 334 valence electrons. The minimum atomic E-state index is -3.29. The fourth-order valence-electron chi connectivity index (χ4n) is 8.70. The number of benzene rings is 3. The van der Waals surface area contributed by atoms with E-state index in [1.165, 1.54) is 11.8 Å². The van der Waals surface area contributed by atoms with Gasteiger partial charge in [-0.2, -0.15) is 4.98 Å². The zero-order valence-electron chi connectivity index (χ0n) is 35.8. The highest BCUT2D eigenvalue weighted by atomic mass is 32.2. The average molecular weight is 888 g/mol. The van der Waals surface area contributed by atoms with Gasteiger partial charge < -0.3 is 16.0 Å². The summed E-state index contributed by atoms with van der Waals surface area (Å²) in [5.74, 6) is -1.10. The molecule has 5 aromatic rings. The second-order valence-corrected chi connectivity index (χ2v) is 18.8. The van der Waals surface area contributed by atoms with E-state index in [0.717, 1.165) is 98.5 Å². The number of amides is 5. The van der Waals surface area contributed by atoms with Crippen LogP contribution in [0.2, 0.25) is 0 Å². The van der Waals surface area contributed by atoms with Crippen molar-refractivity contribution in [2.75, 3.05) is 49.6 Å². The van der Waals surface area contributed by atoms with Crippen LogP contribution < -0.4 is 21.3 Å². The Morgan fingerprint density at radius 1 is 0.781 bits per heavy atom. The van der Waals surface area contributed by atoms with Gasteiger partial charge >= 0.3 is 0 Å². The predicted octanol–water partition coefficient (Wildman–Crippen LogP) is 5.69. The van der Waals surface area contributed by atoms with Crippen molar-refractivity contribution in [3.05, 3.63) is 102 Å². The van der Waals surface area contributed by atoms with Crippen molar-refractivity contribution in [1.82, 2.24) is 35.0 Å². The van der Waals surface area contributed by atoms with Gasteiger partial charge in [-0.25, -0.2) is 12.9 Å². The van der Waals surface area contributed by atoms with E-state index in [0.29, 0.717) is 30.6 Å². The van der Waals surface area contributed by atoms with E-state index in [-0.39, 0.29) is 34.8 Å². The Kier molecular flexibility index (Phi) is 13.5. The van der Waals surface area contributed by atoms with Crippen LogP contribution in [0.15, 0.2) is 89.8 Å². The Labute approximate surface area is 372 Å². The lowest BCUT2D eigenvalue weighted by atomic mass is 9.89. The molecule has 0 radical (unpaired) electrons. The van der Waals surface area contributed by atoms with Gasteiger partial charge in [-0.1, -0.05) is 56.0 Å². The van der Waals surface area contributed by atoms with Crippen molar-refractivity contribution >= 4 is 62.3 Å². The summed E-state index contributed by atoms with van der Waals surface area (Å²) in [6, 6.07) is 24.9. The van der Waals surface area contributed by atoms with Crippen LogP contribution in [-0.4, -0.2) is 107 Å². The number of piperidine rings is 2. The van der Waals surface area contributed by atoms with Crippen LogP contribution in [-0.2, 0) is 24.2 Å². The second kappa shape index (κ2) is 19.5. The molecule has 8 rings (SSSR count). The van der Waals surface area contributed by atoms with E-state index in [2.05, 4.69) is 48.4 Å². The number of rotatable bonds is 18. The number of hydrogen-bond donors (Lipinski definition) is 4. The zero-order chi connectivity index (χ0) is 44.8. The number of hydrogen-bond acceptors (Lipinski definition) is 12. The van der Waals surface area contributed by atoms with Gasteiger partial charge in [0.05, 0.1) is 28.3 Å². The molecule has 3 aliphatic heterocycles. The van der Waals surface area contributed by atoms with Crippen LogP contribution >= 0.6 is 0 Å². The number of nitrogens with one attached hydrogen (secondary N) is 4. The summed E-state index contributed by atoms with van der Waals surface area (Å²) in [6.45, 7) is 3.53. The third-order valence-corrected chi connectivity index (χ3v) is 13.4. The highest BCUT2D eigenvalue weighted by Gasteiger charge is 2.44.